The van der Waals surface area contributed by atoms with Gasteiger partial charge in [-0.05, 0) is 25.0 Å². The second kappa shape index (κ2) is 11.3. The third-order valence-corrected chi connectivity index (χ3v) is 4.50. The van der Waals surface area contributed by atoms with Gasteiger partial charge in [0.05, 0.1) is 0 Å². The molecule has 2 aromatic heterocycles. The smallest absolute Gasteiger partial charge is 0.337 e. The molecule has 148 valence electrons. The van der Waals surface area contributed by atoms with E-state index in [-0.39, 0.29) is 11.7 Å². The first kappa shape index (κ1) is 20.9. The number of H-pyrrole nitrogens is 1. The Morgan fingerprint density at radius 3 is 2.26 bits per heavy atom. The molecule has 2 heterocycles. The Bertz CT molecular complexity index is 741. The second-order valence-corrected chi connectivity index (χ2v) is 6.77. The molecule has 7 nitrogen and oxygen atoms in total. The minimum atomic E-state index is -0.642. The molecule has 0 unspecified atom stereocenters. The summed E-state index contributed by atoms with van der Waals surface area (Å²) in [4.78, 5) is 32.9. The summed E-state index contributed by atoms with van der Waals surface area (Å²) in [5.41, 5.74) is 0.783. The van der Waals surface area contributed by atoms with Crippen LogP contribution in [0, 0.1) is 0 Å². The summed E-state index contributed by atoms with van der Waals surface area (Å²) >= 11 is 0. The van der Waals surface area contributed by atoms with Crippen LogP contribution in [0.3, 0.4) is 0 Å². The van der Waals surface area contributed by atoms with Gasteiger partial charge in [0.25, 0.3) is 5.91 Å². The maximum Gasteiger partial charge on any atom is 0.439 e. The highest BCUT2D eigenvalue weighted by molar-refractivity contribution is 5.92. The van der Waals surface area contributed by atoms with E-state index in [0.717, 1.165) is 38.8 Å². The average Bonchev–Trinajstić information content (AvgIpc) is 3.13. The molecule has 2 aromatic rings. The van der Waals surface area contributed by atoms with Gasteiger partial charge in [0.15, 0.2) is 0 Å². The topological polar surface area (TPSA) is 92.1 Å². The number of pyridine rings is 1. The summed E-state index contributed by atoms with van der Waals surface area (Å²) in [7, 11) is 0. The lowest BCUT2D eigenvalue weighted by Gasteiger charge is -2.22. The van der Waals surface area contributed by atoms with E-state index >= 15 is 0 Å². The van der Waals surface area contributed by atoms with E-state index in [1.165, 1.54) is 25.7 Å². The molecular weight excluding hydrogens is 344 g/mol. The molecule has 0 radical (unpaired) electrons. The minimum Gasteiger partial charge on any atom is -0.337 e. The van der Waals surface area contributed by atoms with Crippen LogP contribution in [-0.4, -0.2) is 39.0 Å². The van der Waals surface area contributed by atoms with Crippen LogP contribution in [-0.2, 0) is 0 Å². The molecule has 1 amide bonds. The van der Waals surface area contributed by atoms with Crippen LogP contribution in [0.25, 0.3) is 11.5 Å². The number of aromatic nitrogens is 3. The van der Waals surface area contributed by atoms with Crippen LogP contribution in [0.2, 0.25) is 0 Å². The van der Waals surface area contributed by atoms with Crippen LogP contribution in [0.4, 0.5) is 0 Å². The molecule has 27 heavy (non-hydrogen) atoms. The van der Waals surface area contributed by atoms with Crippen molar-refractivity contribution in [3.8, 4) is 11.5 Å². The highest BCUT2D eigenvalue weighted by atomic mass is 16.5. The fourth-order valence-corrected chi connectivity index (χ4v) is 2.96. The number of aromatic amines is 1. The lowest BCUT2D eigenvalue weighted by atomic mass is 10.1. The number of hydrogen-bond acceptors (Lipinski definition) is 5. The average molecular weight is 374 g/mol. The van der Waals surface area contributed by atoms with Crippen LogP contribution in [0.1, 0.15) is 75.7 Å². The largest absolute Gasteiger partial charge is 0.439 e. The second-order valence-electron chi connectivity index (χ2n) is 6.77. The summed E-state index contributed by atoms with van der Waals surface area (Å²) in [5, 5.41) is 3.64. The third-order valence-electron chi connectivity index (χ3n) is 4.50. The number of carbonyl (C=O) groups is 1. The Kier molecular flexibility index (Phi) is 8.74. The van der Waals surface area contributed by atoms with Crippen molar-refractivity contribution in [2.24, 2.45) is 0 Å². The van der Waals surface area contributed by atoms with E-state index in [4.69, 9.17) is 0 Å². The van der Waals surface area contributed by atoms with Gasteiger partial charge in [0, 0.05) is 13.1 Å². The molecule has 0 saturated heterocycles. The zero-order valence-electron chi connectivity index (χ0n) is 16.4. The van der Waals surface area contributed by atoms with Crippen molar-refractivity contribution in [1.29, 1.82) is 0 Å². The van der Waals surface area contributed by atoms with Gasteiger partial charge in [-0.25, -0.2) is 9.78 Å². The first-order chi connectivity index (χ1) is 13.2. The van der Waals surface area contributed by atoms with Crippen LogP contribution in [0.15, 0.2) is 27.5 Å². The van der Waals surface area contributed by atoms with E-state index in [0.29, 0.717) is 11.4 Å². The summed E-state index contributed by atoms with van der Waals surface area (Å²) in [5.74, 6) is -0.486. The van der Waals surface area contributed by atoms with Crippen LogP contribution in [0.5, 0.6) is 0 Å². The van der Waals surface area contributed by atoms with Crippen molar-refractivity contribution < 1.29 is 9.32 Å². The molecule has 0 aliphatic rings. The van der Waals surface area contributed by atoms with Gasteiger partial charge in [-0.3, -0.25) is 14.3 Å². The van der Waals surface area contributed by atoms with Gasteiger partial charge in [-0.15, -0.1) is 0 Å². The summed E-state index contributed by atoms with van der Waals surface area (Å²) in [6.45, 7) is 5.85. The molecule has 0 atom stereocenters. The highest BCUT2D eigenvalue weighted by Gasteiger charge is 2.18. The fraction of sp³-hybridized carbons (Fsp3) is 0.600. The van der Waals surface area contributed by atoms with Crippen molar-refractivity contribution in [2.45, 2.75) is 65.2 Å². The highest BCUT2D eigenvalue weighted by Crippen LogP contribution is 2.14. The van der Waals surface area contributed by atoms with Gasteiger partial charge in [0.2, 0.25) is 5.82 Å². The molecule has 0 saturated carbocycles. The molecule has 7 heteroatoms. The van der Waals surface area contributed by atoms with Gasteiger partial charge in [-0.2, -0.15) is 0 Å². The van der Waals surface area contributed by atoms with E-state index in [2.05, 4.69) is 33.5 Å². The quantitative estimate of drug-likeness (QED) is 0.566. The van der Waals surface area contributed by atoms with Gasteiger partial charge in [0.1, 0.15) is 11.4 Å². The molecule has 0 spiro atoms. The summed E-state index contributed by atoms with van der Waals surface area (Å²) in [6, 6.07) is 5.14. The number of nitrogens with zero attached hydrogens (tertiary/aromatic N) is 3. The normalized spacial score (nSPS) is 10.9. The zero-order chi connectivity index (χ0) is 19.5. The van der Waals surface area contributed by atoms with E-state index in [1.807, 2.05) is 4.90 Å². The third kappa shape index (κ3) is 6.66. The first-order valence-electron chi connectivity index (χ1n) is 9.98. The van der Waals surface area contributed by atoms with Crippen molar-refractivity contribution >= 4 is 5.91 Å². The summed E-state index contributed by atoms with van der Waals surface area (Å²) < 4.78 is 4.52. The number of unbranched alkanes of at least 4 members (excludes halogenated alkanes) is 6. The molecule has 2 rings (SSSR count). The molecule has 0 aliphatic carbocycles. The number of rotatable bonds is 12. The molecular formula is C20H30N4O3. The molecule has 0 aliphatic heterocycles. The van der Waals surface area contributed by atoms with Gasteiger partial charge >= 0.3 is 5.76 Å². The monoisotopic (exact) mass is 374 g/mol. The van der Waals surface area contributed by atoms with E-state index < -0.39 is 5.76 Å². The van der Waals surface area contributed by atoms with Crippen molar-refractivity contribution in [2.75, 3.05) is 13.1 Å². The van der Waals surface area contributed by atoms with Crippen molar-refractivity contribution in [3.63, 3.8) is 0 Å². The van der Waals surface area contributed by atoms with Crippen molar-refractivity contribution in [3.05, 3.63) is 34.4 Å². The van der Waals surface area contributed by atoms with E-state index in [1.54, 1.807) is 18.2 Å². The predicted octanol–water partition coefficient (Wildman–Crippen LogP) is 4.03. The Balaban J connectivity index is 2.08. The lowest BCUT2D eigenvalue weighted by Crippen LogP contribution is -2.33. The molecule has 0 fully saturated rings. The fourth-order valence-electron chi connectivity index (χ4n) is 2.96. The Hall–Kier alpha value is -2.44. The summed E-state index contributed by atoms with van der Waals surface area (Å²) in [6.07, 6.45) is 8.98. The van der Waals surface area contributed by atoms with Crippen LogP contribution >= 0.6 is 0 Å². The van der Waals surface area contributed by atoms with Gasteiger partial charge < -0.3 is 4.90 Å². The standard InChI is InChI=1S/C20H30N4O3/c1-3-5-7-9-14-24(15-10-8-6-4-2)19(25)17-13-11-12-16(21-17)18-22-20(26)27-23-18/h11-13H,3-10,14-15H2,1-2H3,(H,22,23,26). The maximum absolute atomic E-state index is 13.0. The first-order valence-corrected chi connectivity index (χ1v) is 9.98. The molecule has 0 bridgehead atoms. The Morgan fingerprint density at radius 2 is 1.70 bits per heavy atom. The molecule has 1 N–H and O–H groups in total. The van der Waals surface area contributed by atoms with Crippen LogP contribution < -0.4 is 5.76 Å². The Morgan fingerprint density at radius 1 is 1.04 bits per heavy atom. The maximum atomic E-state index is 13.0. The van der Waals surface area contributed by atoms with E-state index in [9.17, 15) is 9.59 Å². The zero-order valence-corrected chi connectivity index (χ0v) is 16.4. The minimum absolute atomic E-state index is 0.0734. The molecule has 0 aromatic carbocycles. The van der Waals surface area contributed by atoms with Crippen molar-refractivity contribution in [1.82, 2.24) is 20.0 Å². The number of hydrogen-bond donors (Lipinski definition) is 1. The predicted molar refractivity (Wildman–Crippen MR) is 105 cm³/mol. The lowest BCUT2D eigenvalue weighted by molar-refractivity contribution is 0.0743. The SMILES string of the molecule is CCCCCCN(CCCCCC)C(=O)c1cccc(-c2noc(=O)[nH]2)n1. The number of nitrogens with one attached hydrogen (secondary N) is 1. The van der Waals surface area contributed by atoms with Gasteiger partial charge in [-0.1, -0.05) is 63.6 Å². The Labute approximate surface area is 160 Å². The number of carbonyl (C=O) groups excluding carboxylic acids is 1. The number of amides is 1.